The van der Waals surface area contributed by atoms with Gasteiger partial charge in [-0.3, -0.25) is 9.97 Å². The molecule has 0 fully saturated rings. The van der Waals surface area contributed by atoms with Crippen LogP contribution >= 0.6 is 29.4 Å². The Balaban J connectivity index is 0. The number of halogens is 2. The molecule has 0 radical (unpaired) electrons. The van der Waals surface area contributed by atoms with Crippen molar-refractivity contribution in [2.24, 2.45) is 0 Å². The highest BCUT2D eigenvalue weighted by Gasteiger charge is 1.99. The maximum atomic E-state index is 4.37. The van der Waals surface area contributed by atoms with Crippen LogP contribution in [0.5, 0.6) is 0 Å². The summed E-state index contributed by atoms with van der Waals surface area (Å²) in [7, 11) is 0. The Morgan fingerprint density at radius 2 is 0.597 bits per heavy atom. The number of pyridine rings is 3. The number of hydrogen-bond donors (Lipinski definition) is 0. The summed E-state index contributed by atoms with van der Waals surface area (Å²) >= 11 is 0. The Morgan fingerprint density at radius 1 is 0.323 bits per heavy atom. The van der Waals surface area contributed by atoms with Gasteiger partial charge < -0.3 is 0 Å². The predicted octanol–water partition coefficient (Wildman–Crippen LogP) is 19.3. The fourth-order valence-electron chi connectivity index (χ4n) is 8.10. The van der Waals surface area contributed by atoms with Crippen LogP contribution in [0.25, 0.3) is 0 Å². The van der Waals surface area contributed by atoms with Crippen molar-refractivity contribution in [3.63, 3.8) is 0 Å². The van der Waals surface area contributed by atoms with Crippen molar-refractivity contribution in [3.05, 3.63) is 90.8 Å². The van der Waals surface area contributed by atoms with E-state index in [9.17, 15) is 0 Å². The molecule has 0 saturated carbocycles. The first-order chi connectivity index (χ1) is 29.8. The van der Waals surface area contributed by atoms with E-state index < -0.39 is 0 Å². The molecule has 0 aliphatic carbocycles. The lowest BCUT2D eigenvalue weighted by atomic mass is 10.0. The second-order valence-corrected chi connectivity index (χ2v) is 17.9. The Morgan fingerprint density at radius 3 is 0.871 bits per heavy atom. The SMILES string of the molecule is Br.CCCCCCCCCCCCCCCC[n+]1ccccc1.CCCCCCCCCCCCCCc1ccccn1.CCCCCCCCCCCCc1ccccn1.Cl. The Kier molecular flexibility index (Phi) is 53.8. The summed E-state index contributed by atoms with van der Waals surface area (Å²) in [5, 5.41) is 0. The number of aryl methyl sites for hydroxylation is 3. The molecule has 3 aromatic rings. The highest BCUT2D eigenvalue weighted by molar-refractivity contribution is 8.93. The summed E-state index contributed by atoms with van der Waals surface area (Å²) in [6.45, 7) is 8.04. The van der Waals surface area contributed by atoms with Crippen molar-refractivity contribution in [3.8, 4) is 0 Å². The standard InChI is InChI=1S/C21H38N.C19H33N.C17H29N.BrH.ClH/c1-2-3-4-5-6-7-8-9-10-11-12-13-14-16-19-22-20-17-15-18-21-22;1-2-3-4-5-6-7-8-9-10-11-12-13-16-19-17-14-15-18-20-19;1-2-3-4-5-6-7-8-9-10-11-14-17-15-12-13-16-18-17;;/h15,17-18,20-21H,2-14,16,19H2,1H3;14-15,17-18H,2-13,16H2,1H3;12-13,15-16H,2-11,14H2,1H3;2*1H/q+1;;;;. The van der Waals surface area contributed by atoms with Gasteiger partial charge in [-0.15, -0.1) is 29.4 Å². The lowest BCUT2D eigenvalue weighted by molar-refractivity contribution is -0.697. The van der Waals surface area contributed by atoms with Crippen molar-refractivity contribution in [2.45, 2.75) is 271 Å². The molecule has 0 aliphatic heterocycles. The lowest BCUT2D eigenvalue weighted by Crippen LogP contribution is -2.32. The van der Waals surface area contributed by atoms with E-state index >= 15 is 0 Å². The molecule has 3 heterocycles. The average Bonchev–Trinajstić information content (AvgIpc) is 3.29. The molecule has 0 atom stereocenters. The van der Waals surface area contributed by atoms with Gasteiger partial charge in [0.25, 0.3) is 0 Å². The van der Waals surface area contributed by atoms with Gasteiger partial charge in [0, 0.05) is 42.3 Å². The first-order valence-electron chi connectivity index (χ1n) is 26.5. The Bertz CT molecular complexity index is 1200. The first-order valence-corrected chi connectivity index (χ1v) is 26.5. The third-order valence-electron chi connectivity index (χ3n) is 12.1. The lowest BCUT2D eigenvalue weighted by Gasteiger charge is -2.03. The zero-order valence-electron chi connectivity index (χ0n) is 41.2. The zero-order valence-corrected chi connectivity index (χ0v) is 43.8. The summed E-state index contributed by atoms with van der Waals surface area (Å²) in [5.41, 5.74) is 2.50. The minimum absolute atomic E-state index is 0. The minimum atomic E-state index is 0. The molecule has 62 heavy (non-hydrogen) atoms. The van der Waals surface area contributed by atoms with Crippen LogP contribution in [0.1, 0.15) is 263 Å². The van der Waals surface area contributed by atoms with Gasteiger partial charge in [-0.05, 0) is 56.4 Å². The van der Waals surface area contributed by atoms with E-state index in [0.717, 1.165) is 12.8 Å². The largest absolute Gasteiger partial charge is 0.261 e. The van der Waals surface area contributed by atoms with Crippen molar-refractivity contribution in [2.75, 3.05) is 0 Å². The molecule has 0 saturated heterocycles. The van der Waals surface area contributed by atoms with Gasteiger partial charge in [0.05, 0.1) is 0 Å². The first kappa shape index (κ1) is 62.3. The van der Waals surface area contributed by atoms with Gasteiger partial charge in [-0.25, -0.2) is 4.57 Å². The highest BCUT2D eigenvalue weighted by Crippen LogP contribution is 2.15. The third-order valence-corrected chi connectivity index (χ3v) is 12.1. The number of rotatable bonds is 39. The summed E-state index contributed by atoms with van der Waals surface area (Å²) in [6.07, 6.45) is 61.6. The van der Waals surface area contributed by atoms with Crippen LogP contribution in [0.15, 0.2) is 79.4 Å². The van der Waals surface area contributed by atoms with Crippen LogP contribution in [-0.4, -0.2) is 9.97 Å². The molecule has 5 heteroatoms. The van der Waals surface area contributed by atoms with E-state index in [1.54, 1.807) is 0 Å². The fourth-order valence-corrected chi connectivity index (χ4v) is 8.10. The quantitative estimate of drug-likeness (QED) is 0.0421. The number of hydrogen-bond acceptors (Lipinski definition) is 2. The number of aromatic nitrogens is 3. The van der Waals surface area contributed by atoms with E-state index in [4.69, 9.17) is 0 Å². The van der Waals surface area contributed by atoms with E-state index in [-0.39, 0.29) is 29.4 Å². The molecule has 0 spiro atoms. The Hall–Kier alpha value is -1.78. The zero-order chi connectivity index (χ0) is 42.9. The highest BCUT2D eigenvalue weighted by atomic mass is 79.9. The molecule has 0 N–H and O–H groups in total. The van der Waals surface area contributed by atoms with Gasteiger partial charge in [0.1, 0.15) is 6.54 Å². The molecule has 3 nitrogen and oxygen atoms in total. The minimum Gasteiger partial charge on any atom is -0.261 e. The van der Waals surface area contributed by atoms with Gasteiger partial charge in [0.2, 0.25) is 0 Å². The smallest absolute Gasteiger partial charge is 0.168 e. The van der Waals surface area contributed by atoms with Crippen molar-refractivity contribution >= 4 is 29.4 Å². The molecule has 0 aliphatic rings. The summed E-state index contributed by atoms with van der Waals surface area (Å²) < 4.78 is 2.29. The third kappa shape index (κ3) is 46.2. The number of unbranched alkanes of at least 4 members (excludes halogenated alkanes) is 33. The summed E-state index contributed by atoms with van der Waals surface area (Å²) in [6, 6.07) is 18.7. The van der Waals surface area contributed by atoms with Crippen molar-refractivity contribution in [1.82, 2.24) is 9.97 Å². The molecule has 0 bridgehead atoms. The molecular formula is C57H102BrClN3+. The number of nitrogens with zero attached hydrogens (tertiary/aromatic N) is 3. The second-order valence-electron chi connectivity index (χ2n) is 17.9. The second kappa shape index (κ2) is 53.6. The van der Waals surface area contributed by atoms with Crippen molar-refractivity contribution < 1.29 is 4.57 Å². The summed E-state index contributed by atoms with van der Waals surface area (Å²) in [5.74, 6) is 0. The van der Waals surface area contributed by atoms with Gasteiger partial charge in [-0.2, -0.15) is 0 Å². The van der Waals surface area contributed by atoms with Crippen LogP contribution in [0.2, 0.25) is 0 Å². The van der Waals surface area contributed by atoms with E-state index in [1.165, 1.54) is 249 Å². The topological polar surface area (TPSA) is 29.7 Å². The van der Waals surface area contributed by atoms with Gasteiger partial charge in [0.15, 0.2) is 12.4 Å². The molecule has 3 aromatic heterocycles. The summed E-state index contributed by atoms with van der Waals surface area (Å²) in [4.78, 5) is 8.72. The average molecular weight is 945 g/mol. The van der Waals surface area contributed by atoms with Gasteiger partial charge in [-0.1, -0.05) is 244 Å². The monoisotopic (exact) mass is 943 g/mol. The molecule has 3 rings (SSSR count). The van der Waals surface area contributed by atoms with E-state index in [2.05, 4.69) is 90.2 Å². The van der Waals surface area contributed by atoms with Crippen molar-refractivity contribution in [1.29, 1.82) is 0 Å². The predicted molar refractivity (Wildman–Crippen MR) is 283 cm³/mol. The van der Waals surface area contributed by atoms with Gasteiger partial charge >= 0.3 is 0 Å². The van der Waals surface area contributed by atoms with E-state index in [0.29, 0.717) is 0 Å². The molecule has 0 amide bonds. The maximum absolute atomic E-state index is 4.37. The fraction of sp³-hybridized carbons (Fsp3) is 0.737. The molecule has 358 valence electrons. The molecule has 0 unspecified atom stereocenters. The van der Waals surface area contributed by atoms with Crippen LogP contribution in [0, 0.1) is 0 Å². The molecular weight excluding hydrogens is 842 g/mol. The van der Waals surface area contributed by atoms with E-state index in [1.807, 2.05) is 24.5 Å². The normalized spacial score (nSPS) is 10.5. The Labute approximate surface area is 403 Å². The molecule has 0 aromatic carbocycles. The van der Waals surface area contributed by atoms with Crippen LogP contribution in [0.3, 0.4) is 0 Å². The maximum Gasteiger partial charge on any atom is 0.168 e. The van der Waals surface area contributed by atoms with Crippen LogP contribution in [-0.2, 0) is 19.4 Å². The van der Waals surface area contributed by atoms with Crippen LogP contribution < -0.4 is 4.57 Å². The van der Waals surface area contributed by atoms with Crippen LogP contribution in [0.4, 0.5) is 0 Å².